The van der Waals surface area contributed by atoms with Crippen molar-refractivity contribution in [2.75, 3.05) is 6.54 Å². The summed E-state index contributed by atoms with van der Waals surface area (Å²) in [6.07, 6.45) is 2.30. The summed E-state index contributed by atoms with van der Waals surface area (Å²) in [5.74, 6) is 0.403. The first-order valence-electron chi connectivity index (χ1n) is 7.38. The zero-order valence-electron chi connectivity index (χ0n) is 12.4. The van der Waals surface area contributed by atoms with Crippen molar-refractivity contribution in [3.63, 3.8) is 0 Å². The van der Waals surface area contributed by atoms with Gasteiger partial charge in [0, 0.05) is 19.0 Å². The van der Waals surface area contributed by atoms with Gasteiger partial charge in [-0.3, -0.25) is 19.3 Å². The van der Waals surface area contributed by atoms with Gasteiger partial charge in [0.05, 0.1) is 11.4 Å². The molecule has 9 heteroatoms. The summed E-state index contributed by atoms with van der Waals surface area (Å²) in [4.78, 5) is 24.4. The Morgan fingerprint density at radius 2 is 2.26 bits per heavy atom. The average molecular weight is 351 g/mol. The van der Waals surface area contributed by atoms with E-state index in [1.54, 1.807) is 15.9 Å². The standard InChI is InChI=1S/C14H17N5O2S2/c20-11(15-8-12(21)16-9-3-4-9)5-6-19-13(17-18-14(19)22)10-2-1-7-23-10/h1-2,7,9H,3-6,8H2,(H,15,20)(H,16,21)(H,18,22). The van der Waals surface area contributed by atoms with Crippen LogP contribution in [-0.4, -0.2) is 39.2 Å². The summed E-state index contributed by atoms with van der Waals surface area (Å²) >= 11 is 6.77. The largest absolute Gasteiger partial charge is 0.352 e. The van der Waals surface area contributed by atoms with Crippen LogP contribution >= 0.6 is 23.6 Å². The van der Waals surface area contributed by atoms with Gasteiger partial charge in [0.25, 0.3) is 0 Å². The number of H-pyrrole nitrogens is 1. The van der Waals surface area contributed by atoms with Crippen molar-refractivity contribution in [1.82, 2.24) is 25.4 Å². The first kappa shape index (κ1) is 15.9. The first-order valence-corrected chi connectivity index (χ1v) is 8.67. The van der Waals surface area contributed by atoms with Crippen molar-refractivity contribution >= 4 is 35.4 Å². The Hall–Kier alpha value is -2.00. The highest BCUT2D eigenvalue weighted by atomic mass is 32.1. The van der Waals surface area contributed by atoms with Crippen molar-refractivity contribution in [1.29, 1.82) is 0 Å². The molecule has 0 aromatic carbocycles. The van der Waals surface area contributed by atoms with Gasteiger partial charge in [-0.2, -0.15) is 5.10 Å². The minimum absolute atomic E-state index is 0.0178. The molecule has 0 spiro atoms. The fraction of sp³-hybridized carbons (Fsp3) is 0.429. The van der Waals surface area contributed by atoms with E-state index in [1.165, 1.54) is 0 Å². The summed E-state index contributed by atoms with van der Waals surface area (Å²) in [5, 5.41) is 14.4. The van der Waals surface area contributed by atoms with Crippen LogP contribution < -0.4 is 10.6 Å². The van der Waals surface area contributed by atoms with Crippen LogP contribution in [0, 0.1) is 4.77 Å². The van der Waals surface area contributed by atoms with E-state index in [1.807, 2.05) is 17.5 Å². The molecule has 0 radical (unpaired) electrons. The van der Waals surface area contributed by atoms with Crippen molar-refractivity contribution < 1.29 is 9.59 Å². The second-order valence-electron chi connectivity index (χ2n) is 5.35. The topological polar surface area (TPSA) is 91.8 Å². The Labute approximate surface area is 142 Å². The molecule has 7 nitrogen and oxygen atoms in total. The summed E-state index contributed by atoms with van der Waals surface area (Å²) in [6, 6.07) is 4.19. The Morgan fingerprint density at radius 1 is 1.43 bits per heavy atom. The quantitative estimate of drug-likeness (QED) is 0.659. The maximum Gasteiger partial charge on any atom is 0.239 e. The smallest absolute Gasteiger partial charge is 0.239 e. The van der Waals surface area contributed by atoms with Gasteiger partial charge in [-0.05, 0) is 36.5 Å². The predicted octanol–water partition coefficient (Wildman–Crippen LogP) is 1.45. The third-order valence-corrected chi connectivity index (χ3v) is 4.63. The summed E-state index contributed by atoms with van der Waals surface area (Å²) in [6.45, 7) is 0.433. The number of rotatable bonds is 7. The third-order valence-electron chi connectivity index (χ3n) is 3.45. The van der Waals surface area contributed by atoms with E-state index in [0.29, 0.717) is 17.4 Å². The van der Waals surface area contributed by atoms with Crippen LogP contribution in [0.4, 0.5) is 0 Å². The summed E-state index contributed by atoms with van der Waals surface area (Å²) in [7, 11) is 0. The number of thiophene rings is 1. The molecule has 2 amide bonds. The third kappa shape index (κ3) is 4.26. The Kier molecular flexibility index (Phi) is 4.87. The van der Waals surface area contributed by atoms with Crippen LogP contribution in [0.5, 0.6) is 0 Å². The molecule has 2 aromatic rings. The van der Waals surface area contributed by atoms with Crippen LogP contribution in [-0.2, 0) is 16.1 Å². The molecule has 122 valence electrons. The maximum absolute atomic E-state index is 11.9. The van der Waals surface area contributed by atoms with Crippen LogP contribution in [0.15, 0.2) is 17.5 Å². The number of nitrogens with one attached hydrogen (secondary N) is 3. The van der Waals surface area contributed by atoms with E-state index in [4.69, 9.17) is 12.2 Å². The van der Waals surface area contributed by atoms with Gasteiger partial charge in [-0.15, -0.1) is 11.3 Å². The molecule has 23 heavy (non-hydrogen) atoms. The lowest BCUT2D eigenvalue weighted by Gasteiger charge is -2.07. The van der Waals surface area contributed by atoms with Crippen LogP contribution in [0.1, 0.15) is 19.3 Å². The monoisotopic (exact) mass is 351 g/mol. The molecule has 0 atom stereocenters. The molecule has 2 aromatic heterocycles. The number of hydrogen-bond donors (Lipinski definition) is 3. The molecule has 0 bridgehead atoms. The van der Waals surface area contributed by atoms with Gasteiger partial charge in [-0.1, -0.05) is 6.07 Å². The number of carbonyl (C=O) groups excluding carboxylic acids is 2. The van der Waals surface area contributed by atoms with Gasteiger partial charge in [-0.25, -0.2) is 0 Å². The zero-order valence-corrected chi connectivity index (χ0v) is 14.0. The van der Waals surface area contributed by atoms with E-state index in [2.05, 4.69) is 20.8 Å². The van der Waals surface area contributed by atoms with Crippen LogP contribution in [0.3, 0.4) is 0 Å². The fourth-order valence-electron chi connectivity index (χ4n) is 2.11. The molecular weight excluding hydrogens is 334 g/mol. The van der Waals surface area contributed by atoms with E-state index in [9.17, 15) is 9.59 Å². The van der Waals surface area contributed by atoms with Gasteiger partial charge in [0.2, 0.25) is 11.8 Å². The molecule has 3 N–H and O–H groups in total. The molecule has 0 saturated heterocycles. The van der Waals surface area contributed by atoms with Gasteiger partial charge in [0.1, 0.15) is 0 Å². The molecule has 0 unspecified atom stereocenters. The highest BCUT2D eigenvalue weighted by Gasteiger charge is 2.23. The molecule has 3 rings (SSSR count). The Bertz CT molecular complexity index is 746. The van der Waals surface area contributed by atoms with Crippen LogP contribution in [0.2, 0.25) is 0 Å². The number of amides is 2. The lowest BCUT2D eigenvalue weighted by Crippen LogP contribution is -2.38. The van der Waals surface area contributed by atoms with Crippen LogP contribution in [0.25, 0.3) is 10.7 Å². The second kappa shape index (κ2) is 7.05. The number of carbonyl (C=O) groups is 2. The lowest BCUT2D eigenvalue weighted by atomic mass is 10.3. The molecule has 1 saturated carbocycles. The molecule has 1 aliphatic rings. The van der Waals surface area contributed by atoms with Crippen molar-refractivity contribution in [2.45, 2.75) is 31.8 Å². The predicted molar refractivity (Wildman–Crippen MR) is 89.5 cm³/mol. The van der Waals surface area contributed by atoms with Crippen molar-refractivity contribution in [2.24, 2.45) is 0 Å². The Morgan fingerprint density at radius 3 is 2.96 bits per heavy atom. The molecule has 2 heterocycles. The highest BCUT2D eigenvalue weighted by molar-refractivity contribution is 7.71. The lowest BCUT2D eigenvalue weighted by molar-refractivity contribution is -0.126. The molecule has 1 aliphatic carbocycles. The highest BCUT2D eigenvalue weighted by Crippen LogP contribution is 2.22. The zero-order chi connectivity index (χ0) is 16.2. The van der Waals surface area contributed by atoms with Crippen molar-refractivity contribution in [3.05, 3.63) is 22.3 Å². The van der Waals surface area contributed by atoms with Gasteiger partial charge < -0.3 is 10.6 Å². The number of aromatic amines is 1. The summed E-state index contributed by atoms with van der Waals surface area (Å²) < 4.78 is 2.28. The minimum atomic E-state index is -0.184. The first-order chi connectivity index (χ1) is 11.1. The van der Waals surface area contributed by atoms with E-state index >= 15 is 0 Å². The Balaban J connectivity index is 1.52. The van der Waals surface area contributed by atoms with Crippen molar-refractivity contribution in [3.8, 4) is 10.7 Å². The summed E-state index contributed by atoms with van der Waals surface area (Å²) in [5.41, 5.74) is 0. The minimum Gasteiger partial charge on any atom is -0.352 e. The maximum atomic E-state index is 11.9. The SMILES string of the molecule is O=C(CCn1c(-c2cccs2)n[nH]c1=S)NCC(=O)NC1CC1. The molecule has 1 fully saturated rings. The average Bonchev–Trinajstić information content (AvgIpc) is 3.03. The second-order valence-corrected chi connectivity index (χ2v) is 6.68. The van der Waals surface area contributed by atoms with Gasteiger partial charge >= 0.3 is 0 Å². The van der Waals surface area contributed by atoms with Gasteiger partial charge in [0.15, 0.2) is 10.6 Å². The normalized spacial score (nSPS) is 13.7. The fourth-order valence-corrected chi connectivity index (χ4v) is 3.05. The molecule has 0 aliphatic heterocycles. The van der Waals surface area contributed by atoms with E-state index in [-0.39, 0.29) is 24.8 Å². The number of aromatic nitrogens is 3. The van der Waals surface area contributed by atoms with E-state index < -0.39 is 0 Å². The number of hydrogen-bond acceptors (Lipinski definition) is 5. The van der Waals surface area contributed by atoms with E-state index in [0.717, 1.165) is 23.5 Å². The number of nitrogens with zero attached hydrogens (tertiary/aromatic N) is 2. The molecular formula is C14H17N5O2S2.